The van der Waals surface area contributed by atoms with E-state index in [1.165, 1.54) is 5.56 Å². The minimum Gasteiger partial charge on any atom is -0.328 e. The lowest BCUT2D eigenvalue weighted by molar-refractivity contribution is -0.115. The Kier molecular flexibility index (Phi) is 3.74. The fourth-order valence-corrected chi connectivity index (χ4v) is 2.74. The Hall–Kier alpha value is -1.000. The summed E-state index contributed by atoms with van der Waals surface area (Å²) in [5, 5.41) is 2.94. The van der Waals surface area contributed by atoms with Gasteiger partial charge in [0.25, 0.3) is 0 Å². The van der Waals surface area contributed by atoms with Crippen molar-refractivity contribution < 1.29 is 4.79 Å². The Balaban J connectivity index is 2.14. The number of thioether (sulfide) groups is 1. The Bertz CT molecular complexity index is 431. The molecule has 1 heterocycles. The van der Waals surface area contributed by atoms with Gasteiger partial charge < -0.3 is 11.1 Å². The van der Waals surface area contributed by atoms with Crippen molar-refractivity contribution in [1.29, 1.82) is 0 Å². The summed E-state index contributed by atoms with van der Waals surface area (Å²) in [6, 6.07) is 6.49. The van der Waals surface area contributed by atoms with Crippen LogP contribution in [0.4, 0.5) is 5.69 Å². The molecule has 92 valence electrons. The van der Waals surface area contributed by atoms with E-state index in [0.717, 1.165) is 23.4 Å². The number of hydrogen-bond acceptors (Lipinski definition) is 3. The van der Waals surface area contributed by atoms with Crippen LogP contribution in [0.1, 0.15) is 25.8 Å². The first kappa shape index (κ1) is 12.5. The van der Waals surface area contributed by atoms with Gasteiger partial charge in [-0.25, -0.2) is 0 Å². The molecule has 1 aromatic rings. The monoisotopic (exact) mass is 250 g/mol. The zero-order valence-electron chi connectivity index (χ0n) is 10.2. The third-order valence-corrected chi connectivity index (χ3v) is 4.04. The zero-order chi connectivity index (χ0) is 12.4. The topological polar surface area (TPSA) is 55.1 Å². The summed E-state index contributed by atoms with van der Waals surface area (Å²) < 4.78 is 0. The quantitative estimate of drug-likeness (QED) is 0.866. The van der Waals surface area contributed by atoms with Gasteiger partial charge in [-0.2, -0.15) is 0 Å². The van der Waals surface area contributed by atoms with Crippen LogP contribution in [0.2, 0.25) is 0 Å². The highest BCUT2D eigenvalue weighted by molar-refractivity contribution is 8.00. The summed E-state index contributed by atoms with van der Waals surface area (Å²) in [4.78, 5) is 12.7. The van der Waals surface area contributed by atoms with Crippen LogP contribution >= 0.6 is 11.8 Å². The van der Waals surface area contributed by atoms with E-state index in [4.69, 9.17) is 5.73 Å². The first-order valence-corrected chi connectivity index (χ1v) is 6.80. The predicted octanol–water partition coefficient (Wildman–Crippen LogP) is 2.40. The van der Waals surface area contributed by atoms with E-state index in [9.17, 15) is 4.79 Å². The molecular weight excluding hydrogens is 232 g/mol. The average Bonchev–Trinajstić information content (AvgIpc) is 2.28. The smallest absolute Gasteiger partial charge is 0.237 e. The lowest BCUT2D eigenvalue weighted by Gasteiger charge is -2.22. The molecule has 17 heavy (non-hydrogen) atoms. The molecule has 0 fully saturated rings. The number of anilines is 1. The van der Waals surface area contributed by atoms with Crippen LogP contribution in [0.3, 0.4) is 0 Å². The minimum atomic E-state index is -0.00239. The summed E-state index contributed by atoms with van der Waals surface area (Å²) in [5.74, 6) is 0.0897. The Labute approximate surface area is 106 Å². The third kappa shape index (κ3) is 3.01. The van der Waals surface area contributed by atoms with Crippen LogP contribution < -0.4 is 11.1 Å². The van der Waals surface area contributed by atoms with E-state index in [1.54, 1.807) is 11.8 Å². The molecule has 1 aromatic carbocycles. The average molecular weight is 250 g/mol. The van der Waals surface area contributed by atoms with Crippen LogP contribution in [0.25, 0.3) is 0 Å². The first-order chi connectivity index (χ1) is 8.06. The Morgan fingerprint density at radius 1 is 1.53 bits per heavy atom. The van der Waals surface area contributed by atoms with Gasteiger partial charge in [0.1, 0.15) is 0 Å². The molecule has 0 saturated carbocycles. The molecule has 4 heteroatoms. The van der Waals surface area contributed by atoms with Crippen molar-refractivity contribution >= 4 is 23.4 Å². The fraction of sp³-hybridized carbons (Fsp3) is 0.462. The number of rotatable bonds is 3. The van der Waals surface area contributed by atoms with Gasteiger partial charge >= 0.3 is 0 Å². The lowest BCUT2D eigenvalue weighted by Crippen LogP contribution is -2.26. The predicted molar refractivity (Wildman–Crippen MR) is 72.4 cm³/mol. The van der Waals surface area contributed by atoms with Crippen molar-refractivity contribution in [2.24, 2.45) is 5.73 Å². The molecule has 0 spiro atoms. The second-order valence-corrected chi connectivity index (χ2v) is 5.98. The maximum Gasteiger partial charge on any atom is 0.237 e. The van der Waals surface area contributed by atoms with Gasteiger partial charge in [0.15, 0.2) is 0 Å². The summed E-state index contributed by atoms with van der Waals surface area (Å²) in [6.45, 7) is 3.94. The molecule has 0 bridgehead atoms. The summed E-state index contributed by atoms with van der Waals surface area (Å²) >= 11 is 1.62. The van der Waals surface area contributed by atoms with Gasteiger partial charge in [0.2, 0.25) is 5.91 Å². The van der Waals surface area contributed by atoms with Gasteiger partial charge in [-0.15, -0.1) is 11.8 Å². The van der Waals surface area contributed by atoms with Crippen molar-refractivity contribution in [1.82, 2.24) is 0 Å². The molecule has 0 saturated heterocycles. The molecule has 1 aliphatic rings. The van der Waals surface area contributed by atoms with Gasteiger partial charge in [-0.05, 0) is 44.4 Å². The van der Waals surface area contributed by atoms with Crippen LogP contribution in [0.5, 0.6) is 0 Å². The number of benzene rings is 1. The number of carbonyl (C=O) groups is 1. The van der Waals surface area contributed by atoms with Crippen molar-refractivity contribution in [2.45, 2.75) is 42.9 Å². The molecule has 2 rings (SSSR count). The van der Waals surface area contributed by atoms with Crippen LogP contribution in [0.15, 0.2) is 23.1 Å². The maximum absolute atomic E-state index is 11.6. The largest absolute Gasteiger partial charge is 0.328 e. The molecule has 1 aliphatic heterocycles. The highest BCUT2D eigenvalue weighted by Gasteiger charge is 2.22. The maximum atomic E-state index is 11.6. The number of aryl methyl sites for hydroxylation is 1. The van der Waals surface area contributed by atoms with E-state index in [2.05, 4.69) is 23.5 Å². The number of carbonyl (C=O) groups excluding carboxylic acids is 1. The van der Waals surface area contributed by atoms with Crippen molar-refractivity contribution in [3.8, 4) is 0 Å². The van der Waals surface area contributed by atoms with Crippen LogP contribution in [-0.4, -0.2) is 17.2 Å². The second kappa shape index (κ2) is 5.10. The molecule has 2 atom stereocenters. The first-order valence-electron chi connectivity index (χ1n) is 5.92. The van der Waals surface area contributed by atoms with Crippen LogP contribution in [-0.2, 0) is 11.2 Å². The molecule has 1 amide bonds. The van der Waals surface area contributed by atoms with Gasteiger partial charge in [-0.1, -0.05) is 6.07 Å². The summed E-state index contributed by atoms with van der Waals surface area (Å²) in [7, 11) is 0. The molecule has 0 aromatic heterocycles. The van der Waals surface area contributed by atoms with E-state index in [0.29, 0.717) is 0 Å². The summed E-state index contributed by atoms with van der Waals surface area (Å²) in [6.07, 6.45) is 1.93. The standard InChI is InChI=1S/C13H18N2OS/c1-8(14)3-4-10-5-6-12-11(7-10)15-13(16)9(2)17-12/h5-9H,3-4,14H2,1-2H3,(H,15,16). The van der Waals surface area contributed by atoms with Crippen molar-refractivity contribution in [3.63, 3.8) is 0 Å². The normalized spacial score (nSPS) is 20.6. The van der Waals surface area contributed by atoms with E-state index in [-0.39, 0.29) is 17.2 Å². The molecule has 3 N–H and O–H groups in total. The second-order valence-electron chi connectivity index (χ2n) is 4.60. The fourth-order valence-electron chi connectivity index (χ4n) is 1.81. The number of fused-ring (bicyclic) bond motifs is 1. The van der Waals surface area contributed by atoms with E-state index in [1.807, 2.05) is 13.8 Å². The Morgan fingerprint density at radius 3 is 3.00 bits per heavy atom. The third-order valence-electron chi connectivity index (χ3n) is 2.86. The van der Waals surface area contributed by atoms with E-state index >= 15 is 0 Å². The van der Waals surface area contributed by atoms with Gasteiger partial charge in [0, 0.05) is 10.9 Å². The van der Waals surface area contributed by atoms with Crippen LogP contribution in [0, 0.1) is 0 Å². The highest BCUT2D eigenvalue weighted by atomic mass is 32.2. The van der Waals surface area contributed by atoms with Crippen molar-refractivity contribution in [3.05, 3.63) is 23.8 Å². The zero-order valence-corrected chi connectivity index (χ0v) is 11.0. The number of hydrogen-bond donors (Lipinski definition) is 2. The number of amides is 1. The van der Waals surface area contributed by atoms with Gasteiger partial charge in [0.05, 0.1) is 10.9 Å². The Morgan fingerprint density at radius 2 is 2.29 bits per heavy atom. The molecule has 0 aliphatic carbocycles. The molecule has 3 nitrogen and oxygen atoms in total. The number of nitrogens with two attached hydrogens (primary N) is 1. The SMILES string of the molecule is CC(N)CCc1ccc2c(c1)NC(=O)C(C)S2. The van der Waals surface area contributed by atoms with Gasteiger partial charge in [-0.3, -0.25) is 4.79 Å². The number of nitrogens with one attached hydrogen (secondary N) is 1. The summed E-state index contributed by atoms with van der Waals surface area (Å²) in [5.41, 5.74) is 7.92. The lowest BCUT2D eigenvalue weighted by atomic mass is 10.1. The van der Waals surface area contributed by atoms with Crippen molar-refractivity contribution in [2.75, 3.05) is 5.32 Å². The minimum absolute atomic E-state index is 0.00239. The molecular formula is C13H18N2OS. The molecule has 2 unspecified atom stereocenters. The molecule has 0 radical (unpaired) electrons. The highest BCUT2D eigenvalue weighted by Crippen LogP contribution is 2.36. The van der Waals surface area contributed by atoms with E-state index < -0.39 is 0 Å².